The van der Waals surface area contributed by atoms with Crippen LogP contribution in [0.25, 0.3) is 66.6 Å². The van der Waals surface area contributed by atoms with E-state index in [-0.39, 0.29) is 0 Å². The Kier molecular flexibility index (Phi) is 6.14. The maximum absolute atomic E-state index is 5.12. The largest absolute Gasteiger partial charge is 0.244 e. The smallest absolute Gasteiger partial charge is 0.0979 e. The van der Waals surface area contributed by atoms with Crippen LogP contribution in [0.4, 0.5) is 0 Å². The Balaban J connectivity index is 1.28. The van der Waals surface area contributed by atoms with Gasteiger partial charge in [-0.3, -0.25) is 0 Å². The van der Waals surface area contributed by atoms with Crippen LogP contribution >= 0.6 is 7.92 Å². The van der Waals surface area contributed by atoms with Gasteiger partial charge in [-0.2, -0.15) is 0 Å². The molecule has 1 aliphatic rings. The van der Waals surface area contributed by atoms with Gasteiger partial charge in [-0.05, 0) is 75.7 Å². The molecule has 8 aromatic rings. The summed E-state index contributed by atoms with van der Waals surface area (Å²) < 4.78 is 0. The SMILES string of the molecule is c1ccc(-c2cccc(P(c3cccc(-c4ccccc4)c3)c3ccc4c5c(cccc35)-c3nc5ccccc5nc3-4)c2)cc1. The summed E-state index contributed by atoms with van der Waals surface area (Å²) in [5, 5.41) is 6.53. The van der Waals surface area contributed by atoms with Gasteiger partial charge >= 0.3 is 0 Å². The average molecular weight is 591 g/mol. The molecule has 0 spiro atoms. The van der Waals surface area contributed by atoms with Gasteiger partial charge in [0.05, 0.1) is 22.4 Å². The zero-order valence-electron chi connectivity index (χ0n) is 24.4. The van der Waals surface area contributed by atoms with E-state index in [1.165, 1.54) is 60.1 Å². The number of benzene rings is 7. The molecule has 0 aliphatic heterocycles. The molecule has 1 aromatic heterocycles. The van der Waals surface area contributed by atoms with E-state index in [0.717, 1.165) is 22.4 Å². The fraction of sp³-hybridized carbons (Fsp3) is 0. The second-order valence-electron chi connectivity index (χ2n) is 11.4. The first-order valence-electron chi connectivity index (χ1n) is 15.3. The molecule has 45 heavy (non-hydrogen) atoms. The van der Waals surface area contributed by atoms with E-state index in [1.807, 2.05) is 12.1 Å². The first-order valence-corrected chi connectivity index (χ1v) is 16.6. The highest BCUT2D eigenvalue weighted by molar-refractivity contribution is 7.80. The molecule has 0 bridgehead atoms. The monoisotopic (exact) mass is 590 g/mol. The molecule has 7 aromatic carbocycles. The van der Waals surface area contributed by atoms with Crippen LogP contribution in [0.3, 0.4) is 0 Å². The summed E-state index contributed by atoms with van der Waals surface area (Å²) in [5.74, 6) is 0. The third kappa shape index (κ3) is 4.38. The normalized spacial score (nSPS) is 11.8. The minimum atomic E-state index is -0.904. The number of hydrogen-bond donors (Lipinski definition) is 0. The van der Waals surface area contributed by atoms with Crippen molar-refractivity contribution in [2.45, 2.75) is 0 Å². The Morgan fingerprint density at radius 3 is 1.44 bits per heavy atom. The van der Waals surface area contributed by atoms with Gasteiger partial charge in [-0.1, -0.05) is 140 Å². The number of nitrogens with zero attached hydrogens (tertiary/aromatic N) is 2. The quantitative estimate of drug-likeness (QED) is 0.187. The summed E-state index contributed by atoms with van der Waals surface area (Å²) in [6.45, 7) is 0. The standard InChI is InChI=1S/C42H27N2P/c1-3-12-28(13-4-1)30-16-9-18-32(26-30)45(33-19-10-17-31(27-33)29-14-5-2-6-15-29)39-25-24-36-40-34(39)20-11-21-35(40)41-42(36)44-38-23-8-7-22-37(38)43-41/h1-27H. The Morgan fingerprint density at radius 1 is 0.378 bits per heavy atom. The highest BCUT2D eigenvalue weighted by atomic mass is 31.1. The number of fused-ring (bicyclic) bond motifs is 4. The molecule has 9 rings (SSSR count). The van der Waals surface area contributed by atoms with E-state index in [0.29, 0.717) is 0 Å². The van der Waals surface area contributed by atoms with Gasteiger partial charge < -0.3 is 0 Å². The lowest BCUT2D eigenvalue weighted by Crippen LogP contribution is -2.21. The van der Waals surface area contributed by atoms with Gasteiger partial charge in [-0.15, -0.1) is 0 Å². The van der Waals surface area contributed by atoms with Crippen LogP contribution in [-0.2, 0) is 0 Å². The van der Waals surface area contributed by atoms with Crippen molar-refractivity contribution in [2.24, 2.45) is 0 Å². The van der Waals surface area contributed by atoms with Crippen LogP contribution in [0.1, 0.15) is 0 Å². The van der Waals surface area contributed by atoms with Crippen LogP contribution in [0, 0.1) is 0 Å². The van der Waals surface area contributed by atoms with Gasteiger partial charge in [0, 0.05) is 16.5 Å². The van der Waals surface area contributed by atoms with Crippen LogP contribution < -0.4 is 15.9 Å². The van der Waals surface area contributed by atoms with Crippen molar-refractivity contribution in [1.82, 2.24) is 9.97 Å². The predicted molar refractivity (Wildman–Crippen MR) is 191 cm³/mol. The molecule has 0 radical (unpaired) electrons. The van der Waals surface area contributed by atoms with E-state index < -0.39 is 7.92 Å². The topological polar surface area (TPSA) is 25.8 Å². The van der Waals surface area contributed by atoms with E-state index in [2.05, 4.69) is 152 Å². The maximum Gasteiger partial charge on any atom is 0.0979 e. The molecule has 3 heteroatoms. The Bertz CT molecular complexity index is 2250. The molecular weight excluding hydrogens is 563 g/mol. The van der Waals surface area contributed by atoms with Crippen LogP contribution in [0.2, 0.25) is 0 Å². The van der Waals surface area contributed by atoms with E-state index in [9.17, 15) is 0 Å². The molecule has 0 fully saturated rings. The van der Waals surface area contributed by atoms with Crippen LogP contribution in [0.5, 0.6) is 0 Å². The Hall–Kier alpha value is -5.43. The van der Waals surface area contributed by atoms with Gasteiger partial charge in [-0.25, -0.2) is 9.97 Å². The summed E-state index contributed by atoms with van der Waals surface area (Å²) in [6, 6.07) is 59.1. The molecule has 0 atom stereocenters. The Morgan fingerprint density at radius 2 is 0.867 bits per heavy atom. The fourth-order valence-electron chi connectivity index (χ4n) is 6.69. The van der Waals surface area contributed by atoms with Crippen molar-refractivity contribution in [3.05, 3.63) is 164 Å². The molecule has 0 saturated carbocycles. The maximum atomic E-state index is 5.12. The second kappa shape index (κ2) is 10.6. The van der Waals surface area contributed by atoms with Crippen LogP contribution in [-0.4, -0.2) is 9.97 Å². The highest BCUT2D eigenvalue weighted by Gasteiger charge is 2.28. The molecule has 210 valence electrons. The summed E-state index contributed by atoms with van der Waals surface area (Å²) in [6.07, 6.45) is 0. The second-order valence-corrected chi connectivity index (χ2v) is 13.6. The van der Waals surface area contributed by atoms with Gasteiger partial charge in [0.2, 0.25) is 0 Å². The molecule has 0 saturated heterocycles. The highest BCUT2D eigenvalue weighted by Crippen LogP contribution is 2.48. The summed E-state index contributed by atoms with van der Waals surface area (Å²) in [5.41, 5.74) is 11.1. The molecule has 2 nitrogen and oxygen atoms in total. The molecule has 1 heterocycles. The van der Waals surface area contributed by atoms with Crippen molar-refractivity contribution >= 4 is 45.6 Å². The van der Waals surface area contributed by atoms with Gasteiger partial charge in [0.1, 0.15) is 0 Å². The number of para-hydroxylation sites is 2. The molecule has 0 unspecified atom stereocenters. The van der Waals surface area contributed by atoms with E-state index in [4.69, 9.17) is 9.97 Å². The lowest BCUT2D eigenvalue weighted by atomic mass is 10.0. The molecular formula is C42H27N2P. The predicted octanol–water partition coefficient (Wildman–Crippen LogP) is 9.52. The lowest BCUT2D eigenvalue weighted by molar-refractivity contribution is 1.32. The van der Waals surface area contributed by atoms with Crippen LogP contribution in [0.15, 0.2) is 164 Å². The number of rotatable bonds is 5. The molecule has 0 N–H and O–H groups in total. The van der Waals surface area contributed by atoms with E-state index in [1.54, 1.807) is 0 Å². The molecule has 0 amide bonds. The minimum Gasteiger partial charge on any atom is -0.244 e. The average Bonchev–Trinajstić information content (AvgIpc) is 3.43. The zero-order chi connectivity index (χ0) is 29.7. The van der Waals surface area contributed by atoms with Gasteiger partial charge in [0.15, 0.2) is 0 Å². The summed E-state index contributed by atoms with van der Waals surface area (Å²) in [4.78, 5) is 10.2. The first-order chi connectivity index (χ1) is 22.3. The summed E-state index contributed by atoms with van der Waals surface area (Å²) in [7, 11) is -0.904. The van der Waals surface area contributed by atoms with Crippen molar-refractivity contribution < 1.29 is 0 Å². The number of hydrogen-bond acceptors (Lipinski definition) is 2. The third-order valence-electron chi connectivity index (χ3n) is 8.76. The van der Waals surface area contributed by atoms with Crippen molar-refractivity contribution in [3.8, 4) is 44.8 Å². The first kappa shape index (κ1) is 26.0. The third-order valence-corrected chi connectivity index (χ3v) is 11.2. The molecule has 1 aliphatic carbocycles. The van der Waals surface area contributed by atoms with Gasteiger partial charge in [0.25, 0.3) is 0 Å². The fourth-order valence-corrected chi connectivity index (χ4v) is 9.21. The number of aromatic nitrogens is 2. The van der Waals surface area contributed by atoms with Crippen molar-refractivity contribution in [2.75, 3.05) is 0 Å². The zero-order valence-corrected chi connectivity index (χ0v) is 25.3. The summed E-state index contributed by atoms with van der Waals surface area (Å²) >= 11 is 0. The van der Waals surface area contributed by atoms with Crippen molar-refractivity contribution in [3.63, 3.8) is 0 Å². The Labute approximate surface area is 263 Å². The van der Waals surface area contributed by atoms with E-state index >= 15 is 0 Å². The van der Waals surface area contributed by atoms with Crippen molar-refractivity contribution in [1.29, 1.82) is 0 Å². The lowest BCUT2D eigenvalue weighted by Gasteiger charge is -2.23. The minimum absolute atomic E-state index is 0.904.